The van der Waals surface area contributed by atoms with E-state index in [-0.39, 0.29) is 38.9 Å². The van der Waals surface area contributed by atoms with E-state index < -0.39 is 21.6 Å². The molecule has 0 aliphatic carbocycles. The predicted molar refractivity (Wildman–Crippen MR) is 108 cm³/mol. The van der Waals surface area contributed by atoms with E-state index in [0.29, 0.717) is 17.2 Å². The number of hydrogen-bond acceptors (Lipinski definition) is 5. The van der Waals surface area contributed by atoms with E-state index in [0.717, 1.165) is 6.07 Å². The highest BCUT2D eigenvalue weighted by Crippen LogP contribution is 2.35. The Bertz CT molecular complexity index is 1530. The second-order valence-corrected chi connectivity index (χ2v) is 9.45. The topological polar surface area (TPSA) is 91.8 Å². The van der Waals surface area contributed by atoms with Crippen LogP contribution in [0.25, 0.3) is 33.6 Å². The number of aromatic nitrogens is 5. The highest BCUT2D eigenvalue weighted by atomic mass is 32.2. The van der Waals surface area contributed by atoms with Crippen molar-refractivity contribution >= 4 is 32.0 Å². The van der Waals surface area contributed by atoms with Crippen molar-refractivity contribution in [2.24, 2.45) is 21.1 Å². The molecule has 0 amide bonds. The minimum Gasteiger partial charge on any atom is -0.312 e. The number of halogens is 3. The molecule has 3 aromatic heterocycles. The van der Waals surface area contributed by atoms with Crippen molar-refractivity contribution in [3.8, 4) is 11.4 Å². The minimum atomic E-state index is -4.59. The van der Waals surface area contributed by atoms with Gasteiger partial charge in [-0.05, 0) is 18.2 Å². The van der Waals surface area contributed by atoms with Crippen LogP contribution in [0, 0.1) is 0 Å². The lowest BCUT2D eigenvalue weighted by Crippen LogP contribution is -2.19. The first-order valence-corrected chi connectivity index (χ1v) is 10.8. The van der Waals surface area contributed by atoms with Gasteiger partial charge in [0.15, 0.2) is 15.5 Å². The lowest BCUT2D eigenvalue weighted by molar-refractivity contribution is -0.137. The van der Waals surface area contributed by atoms with Gasteiger partial charge in [0.2, 0.25) is 0 Å². The molecule has 0 radical (unpaired) electrons. The normalized spacial score (nSPS) is 12.9. The summed E-state index contributed by atoms with van der Waals surface area (Å²) in [5.74, 6) is -0.0702. The van der Waals surface area contributed by atoms with Crippen LogP contribution in [0.1, 0.15) is 12.5 Å². The van der Waals surface area contributed by atoms with Crippen molar-refractivity contribution in [1.82, 2.24) is 23.7 Å². The zero-order valence-corrected chi connectivity index (χ0v) is 17.8. The number of benzene rings is 1. The Labute approximate surface area is 174 Å². The molecule has 12 heteroatoms. The average molecular weight is 453 g/mol. The van der Waals surface area contributed by atoms with E-state index in [2.05, 4.69) is 9.97 Å². The second-order valence-electron chi connectivity index (χ2n) is 7.20. The molecule has 0 bridgehead atoms. The number of nitrogens with zero attached hydrogens (tertiary/aromatic N) is 5. The van der Waals surface area contributed by atoms with Gasteiger partial charge in [0, 0.05) is 32.9 Å². The summed E-state index contributed by atoms with van der Waals surface area (Å²) in [5, 5.41) is 0. The zero-order valence-electron chi connectivity index (χ0n) is 17.0. The zero-order chi connectivity index (χ0) is 22.9. The van der Waals surface area contributed by atoms with E-state index in [1.165, 1.54) is 39.8 Å². The van der Waals surface area contributed by atoms with Gasteiger partial charge in [0.05, 0.1) is 27.2 Å². The number of pyridine rings is 1. The monoisotopic (exact) mass is 453 g/mol. The van der Waals surface area contributed by atoms with Gasteiger partial charge in [-0.3, -0.25) is 9.13 Å². The molecule has 0 spiro atoms. The van der Waals surface area contributed by atoms with Crippen molar-refractivity contribution in [2.75, 3.05) is 5.75 Å². The molecule has 0 saturated heterocycles. The first kappa shape index (κ1) is 21.1. The van der Waals surface area contributed by atoms with E-state index >= 15 is 0 Å². The largest absolute Gasteiger partial charge is 0.417 e. The lowest BCUT2D eigenvalue weighted by atomic mass is 10.2. The number of fused-ring (bicyclic) bond motifs is 2. The Hall–Kier alpha value is -3.15. The Morgan fingerprint density at radius 3 is 2.19 bits per heavy atom. The number of alkyl halides is 3. The Kier molecular flexibility index (Phi) is 4.54. The molecule has 0 atom stereocenters. The molecule has 8 nitrogen and oxygen atoms in total. The number of aryl methyl sites for hydroxylation is 3. The highest BCUT2D eigenvalue weighted by Gasteiger charge is 2.32. The molecular weight excluding hydrogens is 435 g/mol. The van der Waals surface area contributed by atoms with Crippen LogP contribution in [0.5, 0.6) is 0 Å². The van der Waals surface area contributed by atoms with Gasteiger partial charge in [-0.1, -0.05) is 6.92 Å². The van der Waals surface area contributed by atoms with Gasteiger partial charge in [0.1, 0.15) is 11.3 Å². The predicted octanol–water partition coefficient (Wildman–Crippen LogP) is 2.64. The summed E-state index contributed by atoms with van der Waals surface area (Å²) in [5.41, 5.74) is -0.0720. The second kappa shape index (κ2) is 6.67. The quantitative estimate of drug-likeness (QED) is 0.476. The van der Waals surface area contributed by atoms with Gasteiger partial charge in [0.25, 0.3) is 0 Å². The summed E-state index contributed by atoms with van der Waals surface area (Å²) in [6.07, 6.45) is -3.88. The molecule has 31 heavy (non-hydrogen) atoms. The van der Waals surface area contributed by atoms with Crippen molar-refractivity contribution in [3.63, 3.8) is 0 Å². The van der Waals surface area contributed by atoms with Gasteiger partial charge in [-0.2, -0.15) is 13.2 Å². The third-order valence-electron chi connectivity index (χ3n) is 5.37. The number of rotatable bonds is 3. The minimum absolute atomic E-state index is 0.0192. The molecule has 3 heterocycles. The van der Waals surface area contributed by atoms with Crippen molar-refractivity contribution in [1.29, 1.82) is 0 Å². The molecule has 0 fully saturated rings. The number of imidazole rings is 2. The van der Waals surface area contributed by atoms with Crippen molar-refractivity contribution < 1.29 is 21.6 Å². The van der Waals surface area contributed by atoms with E-state index in [1.807, 2.05) is 0 Å². The van der Waals surface area contributed by atoms with E-state index in [1.54, 1.807) is 14.1 Å². The maximum atomic E-state index is 13.1. The number of sulfone groups is 1. The van der Waals surface area contributed by atoms with Crippen LogP contribution in [0.4, 0.5) is 13.2 Å². The standard InChI is InChI=1S/C19H18F3N5O3S/c1-5-31(29,30)15-8-14-13(25(2)18(28)26(14)3)7-11(15)16-24-12-6-10(19(20,21)22)9-23-17(12)27(16)4/h6-9H,5H2,1-4H3. The summed E-state index contributed by atoms with van der Waals surface area (Å²) in [7, 11) is 0.873. The van der Waals surface area contributed by atoms with Crippen LogP contribution >= 0.6 is 0 Å². The van der Waals surface area contributed by atoms with Crippen LogP contribution < -0.4 is 5.69 Å². The summed E-state index contributed by atoms with van der Waals surface area (Å²) in [6.45, 7) is 1.49. The molecule has 0 aliphatic rings. The van der Waals surface area contributed by atoms with Gasteiger partial charge in [-0.15, -0.1) is 0 Å². The van der Waals surface area contributed by atoms with Crippen molar-refractivity contribution in [3.05, 3.63) is 40.4 Å². The molecule has 0 aliphatic heterocycles. The summed E-state index contributed by atoms with van der Waals surface area (Å²) in [6, 6.07) is 3.79. The first-order chi connectivity index (χ1) is 14.4. The summed E-state index contributed by atoms with van der Waals surface area (Å²) >= 11 is 0. The van der Waals surface area contributed by atoms with Gasteiger partial charge in [-0.25, -0.2) is 23.2 Å². The van der Waals surface area contributed by atoms with Crippen LogP contribution in [0.15, 0.2) is 34.1 Å². The third kappa shape index (κ3) is 3.12. The molecule has 0 N–H and O–H groups in total. The van der Waals surface area contributed by atoms with Crippen LogP contribution in [0.2, 0.25) is 0 Å². The molecule has 0 saturated carbocycles. The fourth-order valence-corrected chi connectivity index (χ4v) is 4.67. The molecule has 4 aromatic rings. The van der Waals surface area contributed by atoms with E-state index in [9.17, 15) is 26.4 Å². The van der Waals surface area contributed by atoms with Crippen LogP contribution in [-0.4, -0.2) is 37.8 Å². The molecule has 164 valence electrons. The Balaban J connectivity index is 2.10. The fraction of sp³-hybridized carbons (Fsp3) is 0.316. The molecular formula is C19H18F3N5O3S. The smallest absolute Gasteiger partial charge is 0.312 e. The fourth-order valence-electron chi connectivity index (χ4n) is 3.59. The SMILES string of the molecule is CCS(=O)(=O)c1cc2c(cc1-c1nc3cc(C(F)(F)F)cnc3n1C)n(C)c(=O)n2C. The lowest BCUT2D eigenvalue weighted by Gasteiger charge is -2.11. The third-order valence-corrected chi connectivity index (χ3v) is 7.13. The maximum absolute atomic E-state index is 13.1. The first-order valence-electron chi connectivity index (χ1n) is 9.19. The van der Waals surface area contributed by atoms with Gasteiger partial charge < -0.3 is 4.57 Å². The van der Waals surface area contributed by atoms with E-state index in [4.69, 9.17) is 0 Å². The Morgan fingerprint density at radius 2 is 1.61 bits per heavy atom. The van der Waals surface area contributed by atoms with Crippen molar-refractivity contribution in [2.45, 2.75) is 18.0 Å². The van der Waals surface area contributed by atoms with Crippen LogP contribution in [0.3, 0.4) is 0 Å². The number of hydrogen-bond donors (Lipinski definition) is 0. The Morgan fingerprint density at radius 1 is 1.00 bits per heavy atom. The molecule has 0 unspecified atom stereocenters. The maximum Gasteiger partial charge on any atom is 0.417 e. The van der Waals surface area contributed by atoms with Crippen LogP contribution in [-0.2, 0) is 37.2 Å². The highest BCUT2D eigenvalue weighted by molar-refractivity contribution is 7.91. The molecule has 4 rings (SSSR count). The molecule has 1 aromatic carbocycles. The van der Waals surface area contributed by atoms with Gasteiger partial charge >= 0.3 is 11.9 Å². The average Bonchev–Trinajstić information content (AvgIpc) is 3.16. The summed E-state index contributed by atoms with van der Waals surface area (Å²) < 4.78 is 69.1. The summed E-state index contributed by atoms with van der Waals surface area (Å²) in [4.78, 5) is 20.4.